The summed E-state index contributed by atoms with van der Waals surface area (Å²) < 4.78 is 0. The number of pyridine rings is 2. The fourth-order valence-corrected chi connectivity index (χ4v) is 3.85. The molecule has 7 nitrogen and oxygen atoms in total. The molecule has 0 atom stereocenters. The van der Waals surface area contributed by atoms with Gasteiger partial charge < -0.3 is 4.90 Å². The number of carbonyl (C=O) groups excluding carboxylic acids is 1. The average molecular weight is 400 g/mol. The Labute approximate surface area is 176 Å². The minimum atomic E-state index is -0.102. The number of aromatic nitrogens is 2. The number of rotatable bonds is 5. The molecule has 2 fully saturated rings. The van der Waals surface area contributed by atoms with E-state index in [4.69, 9.17) is 5.26 Å². The first-order chi connectivity index (χ1) is 14.7. The van der Waals surface area contributed by atoms with Crippen LogP contribution in [0.15, 0.2) is 53.3 Å². The summed E-state index contributed by atoms with van der Waals surface area (Å²) >= 11 is 0. The molecule has 0 bridgehead atoms. The zero-order chi connectivity index (χ0) is 20.9. The van der Waals surface area contributed by atoms with Crippen LogP contribution in [-0.4, -0.2) is 48.3 Å². The number of nitriles is 1. The molecule has 0 aromatic carbocycles. The lowest BCUT2D eigenvalue weighted by Gasteiger charge is -2.16. The Kier molecular flexibility index (Phi) is 5.84. The highest BCUT2D eigenvalue weighted by Crippen LogP contribution is 2.23. The van der Waals surface area contributed by atoms with Gasteiger partial charge in [0.2, 0.25) is 0 Å². The van der Waals surface area contributed by atoms with Crippen molar-refractivity contribution in [3.05, 3.63) is 59.4 Å². The number of nitrogens with zero attached hydrogens (tertiary/aromatic N) is 6. The average Bonchev–Trinajstić information content (AvgIpc) is 3.43. The monoisotopic (exact) mass is 400 g/mol. The largest absolute Gasteiger partial charge is 0.357 e. The van der Waals surface area contributed by atoms with Crippen LogP contribution in [0, 0.1) is 11.3 Å². The summed E-state index contributed by atoms with van der Waals surface area (Å²) in [4.78, 5) is 30.0. The number of aliphatic imine (C=N–C) groups is 1. The fraction of sp³-hybridized carbons (Fsp3) is 0.348. The van der Waals surface area contributed by atoms with Crippen LogP contribution in [0.1, 0.15) is 30.4 Å². The van der Waals surface area contributed by atoms with Gasteiger partial charge in [-0.15, -0.1) is 0 Å². The van der Waals surface area contributed by atoms with Crippen molar-refractivity contribution < 1.29 is 4.79 Å². The molecule has 2 aromatic heterocycles. The van der Waals surface area contributed by atoms with Crippen LogP contribution in [-0.2, 0) is 11.2 Å². The first-order valence-corrected chi connectivity index (χ1v) is 10.2. The number of allylic oxidation sites excluding steroid dienone is 1. The Hall–Kier alpha value is -3.53. The second kappa shape index (κ2) is 8.87. The second-order valence-electron chi connectivity index (χ2n) is 7.45. The van der Waals surface area contributed by atoms with Gasteiger partial charge in [0.15, 0.2) is 0 Å². The summed E-state index contributed by atoms with van der Waals surface area (Å²) in [6, 6.07) is 9.61. The van der Waals surface area contributed by atoms with Crippen LogP contribution < -0.4 is 9.80 Å². The summed E-state index contributed by atoms with van der Waals surface area (Å²) in [5, 5.41) is 8.92. The van der Waals surface area contributed by atoms with E-state index >= 15 is 0 Å². The van der Waals surface area contributed by atoms with Crippen LogP contribution >= 0.6 is 0 Å². The lowest BCUT2D eigenvalue weighted by molar-refractivity contribution is -0.114. The Bertz CT molecular complexity index is 1010. The lowest BCUT2D eigenvalue weighted by Crippen LogP contribution is -2.25. The van der Waals surface area contributed by atoms with E-state index in [1.807, 2.05) is 18.3 Å². The zero-order valence-electron chi connectivity index (χ0n) is 17.1. The van der Waals surface area contributed by atoms with Gasteiger partial charge in [0.05, 0.1) is 23.4 Å². The highest BCUT2D eigenvalue weighted by atomic mass is 16.2. The van der Waals surface area contributed by atoms with Gasteiger partial charge in [0.1, 0.15) is 17.7 Å². The maximum Gasteiger partial charge on any atom is 0.261 e. The molecule has 2 aliphatic heterocycles. The molecule has 2 aliphatic rings. The molecular weight excluding hydrogens is 376 g/mol. The number of amides is 1. The summed E-state index contributed by atoms with van der Waals surface area (Å²) in [5.74, 6) is 1.48. The van der Waals surface area contributed by atoms with E-state index in [1.54, 1.807) is 24.1 Å². The van der Waals surface area contributed by atoms with E-state index in [1.165, 1.54) is 19.0 Å². The number of hydrogen-bond donors (Lipinski definition) is 0. The number of anilines is 2. The van der Waals surface area contributed by atoms with E-state index in [0.717, 1.165) is 43.0 Å². The van der Waals surface area contributed by atoms with Crippen molar-refractivity contribution in [3.8, 4) is 6.07 Å². The number of aryl methyl sites for hydroxylation is 1. The lowest BCUT2D eigenvalue weighted by atomic mass is 10.1. The zero-order valence-corrected chi connectivity index (χ0v) is 17.1. The molecule has 0 saturated carbocycles. The van der Waals surface area contributed by atoms with E-state index in [2.05, 4.69) is 32.0 Å². The van der Waals surface area contributed by atoms with Gasteiger partial charge >= 0.3 is 0 Å². The fourth-order valence-electron chi connectivity index (χ4n) is 3.85. The van der Waals surface area contributed by atoms with Crippen LogP contribution in [0.3, 0.4) is 0 Å². The van der Waals surface area contributed by atoms with Crippen molar-refractivity contribution in [1.82, 2.24) is 9.97 Å². The summed E-state index contributed by atoms with van der Waals surface area (Å²) in [5.41, 5.74) is 3.01. The number of carbonyl (C=O) groups is 1. The van der Waals surface area contributed by atoms with Crippen molar-refractivity contribution in [1.29, 1.82) is 5.26 Å². The van der Waals surface area contributed by atoms with Crippen molar-refractivity contribution in [3.63, 3.8) is 0 Å². The van der Waals surface area contributed by atoms with Gasteiger partial charge in [-0.3, -0.25) is 14.7 Å². The molecule has 152 valence electrons. The van der Waals surface area contributed by atoms with Gasteiger partial charge in [-0.05, 0) is 49.4 Å². The molecule has 30 heavy (non-hydrogen) atoms. The second-order valence-corrected chi connectivity index (χ2v) is 7.45. The van der Waals surface area contributed by atoms with Crippen molar-refractivity contribution in [2.45, 2.75) is 25.7 Å². The van der Waals surface area contributed by atoms with Crippen LogP contribution in [0.5, 0.6) is 0 Å². The maximum atomic E-state index is 12.9. The third-order valence-electron chi connectivity index (χ3n) is 5.54. The summed E-state index contributed by atoms with van der Waals surface area (Å²) in [6.45, 7) is 2.57. The number of hydrogen-bond acceptors (Lipinski definition) is 6. The highest BCUT2D eigenvalue weighted by molar-refractivity contribution is 6.33. The Balaban J connectivity index is 1.42. The van der Waals surface area contributed by atoms with Gasteiger partial charge in [0, 0.05) is 32.5 Å². The SMILES string of the molecule is CN=C1CN(c2ccc(C#N)cn2)C(=O)/C1=C/CCc1ccc(N2CCCC2)nc1. The van der Waals surface area contributed by atoms with Gasteiger partial charge in [-0.25, -0.2) is 9.97 Å². The quantitative estimate of drug-likeness (QED) is 0.721. The van der Waals surface area contributed by atoms with Crippen LogP contribution in [0.4, 0.5) is 11.6 Å². The standard InChI is InChI=1S/C23H24N6O/c1-25-20-16-29(22-10-8-18(13-24)15-27-22)23(30)19(20)6-4-5-17-7-9-21(26-14-17)28-11-2-3-12-28/h6-10,14-15H,2-5,11-12,16H2,1H3/b19-6+,25-20?. The third kappa shape index (κ3) is 4.08. The molecule has 4 heterocycles. The minimum Gasteiger partial charge on any atom is -0.357 e. The Morgan fingerprint density at radius 1 is 1.13 bits per heavy atom. The van der Waals surface area contributed by atoms with Gasteiger partial charge in [0.25, 0.3) is 5.91 Å². The molecule has 7 heteroatoms. The molecule has 2 aromatic rings. The minimum absolute atomic E-state index is 0.102. The molecule has 0 unspecified atom stereocenters. The van der Waals surface area contributed by atoms with Crippen molar-refractivity contribution in [2.24, 2.45) is 4.99 Å². The van der Waals surface area contributed by atoms with Crippen LogP contribution in [0.25, 0.3) is 0 Å². The highest BCUT2D eigenvalue weighted by Gasteiger charge is 2.32. The Morgan fingerprint density at radius 2 is 1.90 bits per heavy atom. The molecule has 0 radical (unpaired) electrons. The third-order valence-corrected chi connectivity index (χ3v) is 5.54. The molecule has 0 N–H and O–H groups in total. The van der Waals surface area contributed by atoms with Crippen molar-refractivity contribution >= 4 is 23.3 Å². The first-order valence-electron chi connectivity index (χ1n) is 10.2. The van der Waals surface area contributed by atoms with Crippen molar-refractivity contribution in [2.75, 3.05) is 36.5 Å². The Morgan fingerprint density at radius 3 is 2.53 bits per heavy atom. The smallest absolute Gasteiger partial charge is 0.261 e. The summed E-state index contributed by atoms with van der Waals surface area (Å²) in [6.07, 6.45) is 9.40. The molecule has 0 spiro atoms. The molecule has 2 saturated heterocycles. The predicted octanol–water partition coefficient (Wildman–Crippen LogP) is 2.93. The molecule has 4 rings (SSSR count). The van der Waals surface area contributed by atoms with E-state index < -0.39 is 0 Å². The maximum absolute atomic E-state index is 12.9. The topological polar surface area (TPSA) is 85.5 Å². The van der Waals surface area contributed by atoms with Gasteiger partial charge in [-0.1, -0.05) is 12.1 Å². The van der Waals surface area contributed by atoms with Crippen LogP contribution in [0.2, 0.25) is 0 Å². The molecule has 1 amide bonds. The predicted molar refractivity (Wildman–Crippen MR) is 117 cm³/mol. The normalized spacial score (nSPS) is 19.1. The van der Waals surface area contributed by atoms with E-state index in [9.17, 15) is 4.79 Å². The van der Waals surface area contributed by atoms with Gasteiger partial charge in [-0.2, -0.15) is 5.26 Å². The first kappa shape index (κ1) is 19.8. The summed E-state index contributed by atoms with van der Waals surface area (Å²) in [7, 11) is 1.70. The van der Waals surface area contributed by atoms with E-state index in [0.29, 0.717) is 23.5 Å². The molecule has 0 aliphatic carbocycles. The molecular formula is C23H24N6O. The van der Waals surface area contributed by atoms with E-state index in [-0.39, 0.29) is 5.91 Å².